The van der Waals surface area contributed by atoms with Crippen LogP contribution in [-0.4, -0.2) is 38.9 Å². The lowest BCUT2D eigenvalue weighted by molar-refractivity contribution is -0.119. The first-order chi connectivity index (χ1) is 6.81. The minimum atomic E-state index is 0.204. The van der Waals surface area contributed by atoms with Crippen molar-refractivity contribution in [1.82, 2.24) is 5.32 Å². The first-order valence-electron chi connectivity index (χ1n) is 5.23. The topological polar surface area (TPSA) is 47.6 Å². The van der Waals surface area contributed by atoms with Crippen LogP contribution >= 0.6 is 0 Å². The first-order valence-corrected chi connectivity index (χ1v) is 5.23. The molecule has 4 heteroatoms. The van der Waals surface area contributed by atoms with Crippen molar-refractivity contribution in [3.8, 4) is 0 Å². The maximum absolute atomic E-state index is 10.1. The average Bonchev–Trinajstić information content (AvgIpc) is 2.65. The maximum Gasteiger partial charge on any atom is 0.220 e. The molecule has 1 saturated heterocycles. The third-order valence-corrected chi connectivity index (χ3v) is 1.68. The lowest BCUT2D eigenvalue weighted by Gasteiger charge is -1.99. The molecule has 0 aromatic rings. The number of carbonyl (C=O) groups is 1. The van der Waals surface area contributed by atoms with Crippen molar-refractivity contribution in [3.05, 3.63) is 0 Å². The van der Waals surface area contributed by atoms with Crippen molar-refractivity contribution in [1.29, 1.82) is 0 Å². The van der Waals surface area contributed by atoms with E-state index in [9.17, 15) is 4.79 Å². The molecule has 0 unspecified atom stereocenters. The molecule has 4 nitrogen and oxygen atoms in total. The Morgan fingerprint density at radius 3 is 2.00 bits per heavy atom. The van der Waals surface area contributed by atoms with Gasteiger partial charge in [0.05, 0.1) is 13.2 Å². The molecule has 1 heterocycles. The molecule has 0 aromatic heterocycles. The van der Waals surface area contributed by atoms with Crippen LogP contribution in [0.3, 0.4) is 0 Å². The molecular formula is C10H21NO3. The van der Waals surface area contributed by atoms with Crippen molar-refractivity contribution in [2.24, 2.45) is 0 Å². The number of nitrogens with one attached hydrogen (secondary N) is 1. The van der Waals surface area contributed by atoms with Crippen LogP contribution in [0, 0.1) is 0 Å². The Morgan fingerprint density at radius 2 is 1.79 bits per heavy atom. The zero-order chi connectivity index (χ0) is 10.6. The fourth-order valence-electron chi connectivity index (χ4n) is 0.972. The number of hydrogen-bond acceptors (Lipinski definition) is 3. The molecule has 0 atom stereocenters. The highest BCUT2D eigenvalue weighted by atomic mass is 16.5. The largest absolute Gasteiger partial charge is 0.379 e. The number of rotatable bonds is 5. The Kier molecular flexibility index (Phi) is 10.0. The zero-order valence-corrected chi connectivity index (χ0v) is 9.17. The van der Waals surface area contributed by atoms with Crippen molar-refractivity contribution in [3.63, 3.8) is 0 Å². The van der Waals surface area contributed by atoms with E-state index in [0.717, 1.165) is 45.8 Å². The minimum Gasteiger partial charge on any atom is -0.379 e. The molecule has 0 aliphatic carbocycles. The summed E-state index contributed by atoms with van der Waals surface area (Å²) in [5.41, 5.74) is 0. The monoisotopic (exact) mass is 203 g/mol. The molecular weight excluding hydrogens is 182 g/mol. The van der Waals surface area contributed by atoms with Gasteiger partial charge in [-0.2, -0.15) is 0 Å². The first kappa shape index (κ1) is 13.4. The zero-order valence-electron chi connectivity index (χ0n) is 9.17. The molecule has 84 valence electrons. The van der Waals surface area contributed by atoms with Crippen LogP contribution in [-0.2, 0) is 14.3 Å². The van der Waals surface area contributed by atoms with Crippen molar-refractivity contribution < 1.29 is 14.3 Å². The summed E-state index contributed by atoms with van der Waals surface area (Å²) in [4.78, 5) is 10.1. The second-order valence-electron chi connectivity index (χ2n) is 2.85. The van der Waals surface area contributed by atoms with E-state index in [2.05, 4.69) is 5.32 Å². The number of amides is 1. The van der Waals surface area contributed by atoms with E-state index >= 15 is 0 Å². The predicted molar refractivity (Wildman–Crippen MR) is 55.2 cm³/mol. The lowest BCUT2D eigenvalue weighted by Crippen LogP contribution is -2.12. The van der Waals surface area contributed by atoms with E-state index in [1.54, 1.807) is 0 Å². The van der Waals surface area contributed by atoms with E-state index < -0.39 is 0 Å². The van der Waals surface area contributed by atoms with Gasteiger partial charge in [-0.15, -0.1) is 0 Å². The fourth-order valence-corrected chi connectivity index (χ4v) is 0.972. The van der Waals surface area contributed by atoms with Gasteiger partial charge in [-0.1, -0.05) is 0 Å². The molecule has 1 amide bonds. The smallest absolute Gasteiger partial charge is 0.220 e. The number of carbonyl (C=O) groups excluding carboxylic acids is 1. The van der Waals surface area contributed by atoms with Gasteiger partial charge in [0, 0.05) is 26.2 Å². The Bertz CT molecular complexity index is 125. The van der Waals surface area contributed by atoms with Crippen LogP contribution in [0.1, 0.15) is 26.7 Å². The van der Waals surface area contributed by atoms with E-state index in [1.807, 2.05) is 13.8 Å². The van der Waals surface area contributed by atoms with Crippen LogP contribution in [0.5, 0.6) is 0 Å². The second-order valence-corrected chi connectivity index (χ2v) is 2.85. The van der Waals surface area contributed by atoms with Gasteiger partial charge in [-0.3, -0.25) is 4.79 Å². The molecule has 0 bridgehead atoms. The fraction of sp³-hybridized carbons (Fsp3) is 0.900. The van der Waals surface area contributed by atoms with Gasteiger partial charge in [-0.25, -0.2) is 0 Å². The van der Waals surface area contributed by atoms with Crippen molar-refractivity contribution in [2.75, 3.05) is 33.0 Å². The SMILES string of the molecule is CCOCCOCC.O=C1CCCN1. The van der Waals surface area contributed by atoms with Crippen LogP contribution < -0.4 is 5.32 Å². The van der Waals surface area contributed by atoms with E-state index in [-0.39, 0.29) is 5.91 Å². The predicted octanol–water partition coefficient (Wildman–Crippen LogP) is 0.956. The highest BCUT2D eigenvalue weighted by Crippen LogP contribution is 1.93. The third kappa shape index (κ3) is 9.48. The summed E-state index contributed by atoms with van der Waals surface area (Å²) in [5.74, 6) is 0.204. The summed E-state index contributed by atoms with van der Waals surface area (Å²) in [6, 6.07) is 0. The number of hydrogen-bond donors (Lipinski definition) is 1. The standard InChI is InChI=1S/C6H14O2.C4H7NO/c1-3-7-5-6-8-4-2;6-4-2-1-3-5-4/h3-6H2,1-2H3;1-3H2,(H,5,6). The van der Waals surface area contributed by atoms with Gasteiger partial charge in [0.15, 0.2) is 0 Å². The van der Waals surface area contributed by atoms with Crippen LogP contribution in [0.25, 0.3) is 0 Å². The van der Waals surface area contributed by atoms with Crippen LogP contribution in [0.2, 0.25) is 0 Å². The highest BCUT2D eigenvalue weighted by Gasteiger charge is 2.05. The summed E-state index contributed by atoms with van der Waals surface area (Å²) in [7, 11) is 0. The normalized spacial score (nSPS) is 14.6. The molecule has 1 rings (SSSR count). The summed E-state index contributed by atoms with van der Waals surface area (Å²) in [6.07, 6.45) is 1.76. The second kappa shape index (κ2) is 10.5. The van der Waals surface area contributed by atoms with Gasteiger partial charge in [-0.05, 0) is 20.3 Å². The van der Waals surface area contributed by atoms with Crippen molar-refractivity contribution in [2.45, 2.75) is 26.7 Å². The van der Waals surface area contributed by atoms with Gasteiger partial charge in [0.1, 0.15) is 0 Å². The Hall–Kier alpha value is -0.610. The minimum absolute atomic E-state index is 0.204. The molecule has 0 saturated carbocycles. The maximum atomic E-state index is 10.1. The summed E-state index contributed by atoms with van der Waals surface area (Å²) >= 11 is 0. The van der Waals surface area contributed by atoms with Gasteiger partial charge in [0.25, 0.3) is 0 Å². The van der Waals surface area contributed by atoms with Gasteiger partial charge >= 0.3 is 0 Å². The number of ether oxygens (including phenoxy) is 2. The van der Waals surface area contributed by atoms with E-state index in [1.165, 1.54) is 0 Å². The summed E-state index contributed by atoms with van der Waals surface area (Å²) in [5, 5.41) is 2.68. The Morgan fingerprint density at radius 1 is 1.21 bits per heavy atom. The summed E-state index contributed by atoms with van der Waals surface area (Å²) < 4.78 is 10.0. The van der Waals surface area contributed by atoms with Crippen molar-refractivity contribution >= 4 is 5.91 Å². The Labute approximate surface area is 86.0 Å². The van der Waals surface area contributed by atoms with Crippen LogP contribution in [0.4, 0.5) is 0 Å². The quantitative estimate of drug-likeness (QED) is 0.677. The highest BCUT2D eigenvalue weighted by molar-refractivity contribution is 5.77. The molecule has 0 aromatic carbocycles. The molecule has 1 aliphatic rings. The van der Waals surface area contributed by atoms with Gasteiger partial charge < -0.3 is 14.8 Å². The van der Waals surface area contributed by atoms with E-state index in [4.69, 9.17) is 9.47 Å². The molecule has 0 radical (unpaired) electrons. The molecule has 14 heavy (non-hydrogen) atoms. The lowest BCUT2D eigenvalue weighted by atomic mass is 10.4. The third-order valence-electron chi connectivity index (χ3n) is 1.68. The molecule has 1 N–H and O–H groups in total. The summed E-state index contributed by atoms with van der Waals surface area (Å²) in [6.45, 7) is 7.87. The molecule has 1 fully saturated rings. The van der Waals surface area contributed by atoms with Crippen LogP contribution in [0.15, 0.2) is 0 Å². The average molecular weight is 203 g/mol. The molecule has 0 spiro atoms. The Balaban J connectivity index is 0.000000249. The molecule has 1 aliphatic heterocycles. The van der Waals surface area contributed by atoms with E-state index in [0.29, 0.717) is 0 Å². The van der Waals surface area contributed by atoms with Gasteiger partial charge in [0.2, 0.25) is 5.91 Å².